The van der Waals surface area contributed by atoms with E-state index in [-0.39, 0.29) is 11.3 Å². The molecule has 4 aromatic carbocycles. The summed E-state index contributed by atoms with van der Waals surface area (Å²) in [7, 11) is 0. The van der Waals surface area contributed by atoms with Crippen LogP contribution in [-0.2, 0) is 0 Å². The fourth-order valence-corrected chi connectivity index (χ4v) is 3.37. The monoisotopic (exact) mass is 456 g/mol. The molecule has 0 spiro atoms. The number of carbonyl (C=O) groups excluding carboxylic acids is 2. The molecule has 0 saturated carbocycles. The van der Waals surface area contributed by atoms with Crippen LogP contribution in [0.4, 0.5) is 4.39 Å². The average molecular weight is 456 g/mol. The van der Waals surface area contributed by atoms with Crippen molar-refractivity contribution < 1.29 is 23.5 Å². The van der Waals surface area contributed by atoms with Crippen LogP contribution in [0.5, 0.6) is 11.5 Å². The number of benzene rings is 4. The quantitative estimate of drug-likeness (QED) is 0.176. The van der Waals surface area contributed by atoms with Gasteiger partial charge in [-0.25, -0.2) is 14.6 Å². The summed E-state index contributed by atoms with van der Waals surface area (Å²) < 4.78 is 24.9. The van der Waals surface area contributed by atoms with Crippen molar-refractivity contribution in [2.24, 2.45) is 5.10 Å². The molecular formula is C27H21FN2O4. The lowest BCUT2D eigenvalue weighted by atomic mass is 10.0. The highest BCUT2D eigenvalue weighted by Gasteiger charge is 2.14. The smallest absolute Gasteiger partial charge is 0.343 e. The Hall–Kier alpha value is -4.52. The first kappa shape index (κ1) is 22.7. The van der Waals surface area contributed by atoms with Gasteiger partial charge < -0.3 is 9.47 Å². The van der Waals surface area contributed by atoms with Crippen molar-refractivity contribution >= 4 is 28.9 Å². The molecule has 0 fully saturated rings. The zero-order valence-electron chi connectivity index (χ0n) is 18.3. The van der Waals surface area contributed by atoms with Crippen molar-refractivity contribution in [1.82, 2.24) is 5.43 Å². The van der Waals surface area contributed by atoms with E-state index in [2.05, 4.69) is 10.5 Å². The van der Waals surface area contributed by atoms with Gasteiger partial charge in [-0.3, -0.25) is 4.79 Å². The normalized spacial score (nSPS) is 10.9. The zero-order chi connectivity index (χ0) is 23.9. The van der Waals surface area contributed by atoms with Gasteiger partial charge in [0.2, 0.25) is 0 Å². The SMILES string of the molecule is CCOc1ccc(C(=O)Oc2ccc3ccccc3c2/C=N/NC(=O)c2ccccc2F)cc1. The van der Waals surface area contributed by atoms with Gasteiger partial charge in [-0.15, -0.1) is 0 Å². The Morgan fingerprint density at radius 2 is 1.68 bits per heavy atom. The molecular weight excluding hydrogens is 435 g/mol. The van der Waals surface area contributed by atoms with Crippen LogP contribution >= 0.6 is 0 Å². The van der Waals surface area contributed by atoms with Crippen LogP contribution in [0.25, 0.3) is 10.8 Å². The van der Waals surface area contributed by atoms with Gasteiger partial charge in [0.25, 0.3) is 5.91 Å². The van der Waals surface area contributed by atoms with Crippen molar-refractivity contribution in [3.8, 4) is 11.5 Å². The molecule has 4 rings (SSSR count). The summed E-state index contributed by atoms with van der Waals surface area (Å²) in [4.78, 5) is 25.0. The summed E-state index contributed by atoms with van der Waals surface area (Å²) in [6, 6.07) is 23.2. The Balaban J connectivity index is 1.60. The predicted molar refractivity (Wildman–Crippen MR) is 128 cm³/mol. The summed E-state index contributed by atoms with van der Waals surface area (Å²) in [6.45, 7) is 2.40. The maximum atomic E-state index is 13.9. The number of rotatable bonds is 7. The topological polar surface area (TPSA) is 77.0 Å². The minimum Gasteiger partial charge on any atom is -0.494 e. The number of fused-ring (bicyclic) bond motifs is 1. The van der Waals surface area contributed by atoms with Crippen LogP contribution in [0.15, 0.2) is 90.0 Å². The maximum absolute atomic E-state index is 13.9. The first-order valence-electron chi connectivity index (χ1n) is 10.6. The van der Waals surface area contributed by atoms with Crippen molar-refractivity contribution in [3.63, 3.8) is 0 Å². The fourth-order valence-electron chi connectivity index (χ4n) is 3.37. The van der Waals surface area contributed by atoms with Crippen LogP contribution in [0.3, 0.4) is 0 Å². The van der Waals surface area contributed by atoms with Gasteiger partial charge in [0, 0.05) is 5.56 Å². The van der Waals surface area contributed by atoms with E-state index < -0.39 is 17.7 Å². The molecule has 0 aliphatic carbocycles. The van der Waals surface area contributed by atoms with Gasteiger partial charge in [-0.2, -0.15) is 5.10 Å². The maximum Gasteiger partial charge on any atom is 0.343 e. The highest BCUT2D eigenvalue weighted by atomic mass is 19.1. The molecule has 0 radical (unpaired) electrons. The molecule has 0 aliphatic rings. The van der Waals surface area contributed by atoms with Crippen LogP contribution in [-0.4, -0.2) is 24.7 Å². The van der Waals surface area contributed by atoms with Crippen LogP contribution < -0.4 is 14.9 Å². The second kappa shape index (κ2) is 10.4. The second-order valence-electron chi connectivity index (χ2n) is 7.22. The van der Waals surface area contributed by atoms with E-state index in [1.807, 2.05) is 37.3 Å². The van der Waals surface area contributed by atoms with Crippen LogP contribution in [0.2, 0.25) is 0 Å². The fraction of sp³-hybridized carbons (Fsp3) is 0.0741. The third-order valence-electron chi connectivity index (χ3n) is 5.01. The van der Waals surface area contributed by atoms with Crippen LogP contribution in [0.1, 0.15) is 33.2 Å². The van der Waals surface area contributed by atoms with Gasteiger partial charge in [0.1, 0.15) is 17.3 Å². The highest BCUT2D eigenvalue weighted by Crippen LogP contribution is 2.27. The zero-order valence-corrected chi connectivity index (χ0v) is 18.3. The first-order valence-corrected chi connectivity index (χ1v) is 10.6. The van der Waals surface area contributed by atoms with Crippen molar-refractivity contribution in [2.45, 2.75) is 6.92 Å². The number of halogens is 1. The predicted octanol–water partition coefficient (Wildman–Crippen LogP) is 5.36. The lowest BCUT2D eigenvalue weighted by molar-refractivity contribution is 0.0734. The number of ether oxygens (including phenoxy) is 2. The van der Waals surface area contributed by atoms with E-state index in [1.165, 1.54) is 24.4 Å². The number of carbonyl (C=O) groups is 2. The lowest BCUT2D eigenvalue weighted by Gasteiger charge is -2.11. The Kier molecular flexibility index (Phi) is 6.93. The van der Waals surface area contributed by atoms with E-state index in [9.17, 15) is 14.0 Å². The molecule has 0 bridgehead atoms. The first-order chi connectivity index (χ1) is 16.6. The van der Waals surface area contributed by atoms with Gasteiger partial charge in [-0.1, -0.05) is 42.5 Å². The molecule has 1 N–H and O–H groups in total. The van der Waals surface area contributed by atoms with E-state index >= 15 is 0 Å². The molecule has 7 heteroatoms. The Labute approximate surface area is 195 Å². The molecule has 1 amide bonds. The number of nitrogens with one attached hydrogen (secondary N) is 1. The second-order valence-corrected chi connectivity index (χ2v) is 7.22. The van der Waals surface area contributed by atoms with E-state index in [1.54, 1.807) is 36.4 Å². The standard InChI is InChI=1S/C27H21FN2O4/c1-2-33-20-14-11-19(12-15-20)27(32)34-25-16-13-18-7-3-4-8-21(18)23(25)17-29-30-26(31)22-9-5-6-10-24(22)28/h3-17H,2H2,1H3,(H,30,31)/b29-17+. The van der Waals surface area contributed by atoms with Crippen LogP contribution in [0, 0.1) is 5.82 Å². The summed E-state index contributed by atoms with van der Waals surface area (Å²) in [5, 5.41) is 5.64. The van der Waals surface area contributed by atoms with Crippen molar-refractivity contribution in [2.75, 3.05) is 6.61 Å². The summed E-state index contributed by atoms with van der Waals surface area (Å²) in [5.74, 6) is -0.971. The molecule has 0 heterocycles. The van der Waals surface area contributed by atoms with Gasteiger partial charge in [-0.05, 0) is 60.2 Å². The van der Waals surface area contributed by atoms with Crippen molar-refractivity contribution in [1.29, 1.82) is 0 Å². The van der Waals surface area contributed by atoms with Gasteiger partial charge in [0.05, 0.1) is 23.9 Å². The summed E-state index contributed by atoms with van der Waals surface area (Å²) >= 11 is 0. The number of hydrazone groups is 1. The molecule has 0 aromatic heterocycles. The van der Waals surface area contributed by atoms with E-state index in [4.69, 9.17) is 9.47 Å². The van der Waals surface area contributed by atoms with Gasteiger partial charge in [0.15, 0.2) is 0 Å². The molecule has 0 atom stereocenters. The lowest BCUT2D eigenvalue weighted by Crippen LogP contribution is -2.19. The molecule has 0 saturated heterocycles. The largest absolute Gasteiger partial charge is 0.494 e. The third-order valence-corrected chi connectivity index (χ3v) is 5.01. The number of hydrogen-bond donors (Lipinski definition) is 1. The van der Waals surface area contributed by atoms with E-state index in [0.29, 0.717) is 23.5 Å². The highest BCUT2D eigenvalue weighted by molar-refractivity contribution is 6.04. The Morgan fingerprint density at radius 1 is 0.941 bits per heavy atom. The molecule has 0 unspecified atom stereocenters. The number of nitrogens with zero attached hydrogens (tertiary/aromatic N) is 1. The minimum absolute atomic E-state index is 0.125. The number of hydrogen-bond acceptors (Lipinski definition) is 5. The number of amides is 1. The Bertz CT molecular complexity index is 1370. The van der Waals surface area contributed by atoms with Crippen molar-refractivity contribution in [3.05, 3.63) is 107 Å². The molecule has 4 aromatic rings. The minimum atomic E-state index is -0.692. The molecule has 6 nitrogen and oxygen atoms in total. The molecule has 0 aliphatic heterocycles. The summed E-state index contributed by atoms with van der Waals surface area (Å²) in [5.41, 5.74) is 3.04. The summed E-state index contributed by atoms with van der Waals surface area (Å²) in [6.07, 6.45) is 1.38. The Morgan fingerprint density at radius 3 is 2.44 bits per heavy atom. The average Bonchev–Trinajstić information content (AvgIpc) is 2.86. The molecule has 170 valence electrons. The third kappa shape index (κ3) is 5.10. The van der Waals surface area contributed by atoms with E-state index in [0.717, 1.165) is 10.8 Å². The number of esters is 1. The molecule has 34 heavy (non-hydrogen) atoms. The van der Waals surface area contributed by atoms with Gasteiger partial charge >= 0.3 is 5.97 Å².